The fourth-order valence-electron chi connectivity index (χ4n) is 3.10. The van der Waals surface area contributed by atoms with Crippen molar-refractivity contribution in [3.63, 3.8) is 0 Å². The first kappa shape index (κ1) is 16.6. The van der Waals surface area contributed by atoms with E-state index < -0.39 is 6.10 Å². The average Bonchev–Trinajstić information content (AvgIpc) is 2.63. The molecule has 5 nitrogen and oxygen atoms in total. The number of aliphatic hydroxyl groups is 1. The van der Waals surface area contributed by atoms with Crippen molar-refractivity contribution in [2.24, 2.45) is 0 Å². The molecule has 0 bridgehead atoms. The zero-order valence-electron chi connectivity index (χ0n) is 13.9. The van der Waals surface area contributed by atoms with Crippen LogP contribution in [0.15, 0.2) is 48.5 Å². The number of benzene rings is 2. The van der Waals surface area contributed by atoms with Crippen LogP contribution >= 0.6 is 0 Å². The number of aromatic hydroxyl groups is 1. The Kier molecular flexibility index (Phi) is 5.23. The lowest BCUT2D eigenvalue weighted by molar-refractivity contribution is 0.109. The van der Waals surface area contributed by atoms with Gasteiger partial charge in [-0.25, -0.2) is 0 Å². The van der Waals surface area contributed by atoms with Crippen LogP contribution in [-0.2, 0) is 0 Å². The van der Waals surface area contributed by atoms with Gasteiger partial charge < -0.3 is 19.8 Å². The molecule has 1 fully saturated rings. The zero-order chi connectivity index (χ0) is 16.9. The molecule has 1 aliphatic heterocycles. The van der Waals surface area contributed by atoms with E-state index in [1.54, 1.807) is 13.2 Å². The molecule has 2 N–H and O–H groups in total. The van der Waals surface area contributed by atoms with Gasteiger partial charge in [0.1, 0.15) is 11.5 Å². The number of hydrogen-bond donors (Lipinski definition) is 2. The number of aliphatic hydroxyl groups excluding tert-OH is 1. The lowest BCUT2D eigenvalue weighted by atomic mass is 10.1. The van der Waals surface area contributed by atoms with Crippen LogP contribution in [0.5, 0.6) is 11.5 Å². The van der Waals surface area contributed by atoms with Crippen molar-refractivity contribution in [2.45, 2.75) is 6.10 Å². The molecule has 2 aromatic rings. The van der Waals surface area contributed by atoms with Crippen molar-refractivity contribution in [2.75, 3.05) is 44.7 Å². The fraction of sp³-hybridized carbons (Fsp3) is 0.368. The Morgan fingerprint density at radius 1 is 1.04 bits per heavy atom. The van der Waals surface area contributed by atoms with Crippen LogP contribution in [0.1, 0.15) is 11.7 Å². The number of β-amino-alcohol motifs (C(OH)–C–C–N with tert-alkyl or cyclic N) is 1. The van der Waals surface area contributed by atoms with Crippen molar-refractivity contribution < 1.29 is 14.9 Å². The van der Waals surface area contributed by atoms with Gasteiger partial charge in [0.25, 0.3) is 0 Å². The first-order valence-electron chi connectivity index (χ1n) is 8.24. The zero-order valence-corrected chi connectivity index (χ0v) is 13.9. The van der Waals surface area contributed by atoms with Gasteiger partial charge in [-0.2, -0.15) is 0 Å². The number of phenols is 1. The fourth-order valence-corrected chi connectivity index (χ4v) is 3.10. The van der Waals surface area contributed by atoms with Crippen molar-refractivity contribution >= 4 is 5.69 Å². The summed E-state index contributed by atoms with van der Waals surface area (Å²) in [7, 11) is 1.63. The molecule has 3 rings (SSSR count). The monoisotopic (exact) mass is 328 g/mol. The molecule has 0 aliphatic carbocycles. The molecule has 0 amide bonds. The highest BCUT2D eigenvalue weighted by Gasteiger charge is 2.21. The van der Waals surface area contributed by atoms with Crippen molar-refractivity contribution in [1.29, 1.82) is 0 Å². The van der Waals surface area contributed by atoms with Crippen molar-refractivity contribution in [1.82, 2.24) is 4.90 Å². The van der Waals surface area contributed by atoms with Crippen LogP contribution in [0.4, 0.5) is 5.69 Å². The van der Waals surface area contributed by atoms with Gasteiger partial charge in [0.15, 0.2) is 0 Å². The molecule has 24 heavy (non-hydrogen) atoms. The Morgan fingerprint density at radius 2 is 1.79 bits per heavy atom. The number of anilines is 1. The molecule has 0 spiro atoms. The topological polar surface area (TPSA) is 56.2 Å². The Balaban J connectivity index is 1.56. The molecule has 0 aromatic heterocycles. The molecule has 2 aromatic carbocycles. The summed E-state index contributed by atoms with van der Waals surface area (Å²) >= 11 is 0. The number of nitrogens with zero attached hydrogens (tertiary/aromatic N) is 2. The highest BCUT2D eigenvalue weighted by molar-refractivity contribution is 5.57. The number of rotatable bonds is 5. The normalized spacial score (nSPS) is 16.8. The van der Waals surface area contributed by atoms with Gasteiger partial charge in [0.05, 0.1) is 18.9 Å². The lowest BCUT2D eigenvalue weighted by Gasteiger charge is -2.37. The van der Waals surface area contributed by atoms with Crippen LogP contribution in [0.2, 0.25) is 0 Å². The third kappa shape index (κ3) is 3.80. The number of para-hydroxylation sites is 2. The van der Waals surface area contributed by atoms with Crippen LogP contribution < -0.4 is 9.64 Å². The van der Waals surface area contributed by atoms with E-state index in [-0.39, 0.29) is 0 Å². The van der Waals surface area contributed by atoms with Gasteiger partial charge in [0.2, 0.25) is 0 Å². The van der Waals surface area contributed by atoms with E-state index in [2.05, 4.69) is 9.80 Å². The van der Waals surface area contributed by atoms with Crippen LogP contribution in [0, 0.1) is 0 Å². The van der Waals surface area contributed by atoms with Crippen LogP contribution in [0.3, 0.4) is 0 Å². The quantitative estimate of drug-likeness (QED) is 0.882. The summed E-state index contributed by atoms with van der Waals surface area (Å²) in [6.07, 6.45) is -0.531. The third-order valence-corrected chi connectivity index (χ3v) is 4.50. The number of piperazine rings is 1. The summed E-state index contributed by atoms with van der Waals surface area (Å²) in [6.45, 7) is 3.98. The molecule has 1 saturated heterocycles. The minimum atomic E-state index is -0.531. The summed E-state index contributed by atoms with van der Waals surface area (Å²) < 4.78 is 5.21. The van der Waals surface area contributed by atoms with Crippen LogP contribution in [0.25, 0.3) is 0 Å². The SMILES string of the molecule is COc1cccc(C(O)CN2CCN(c3ccccc3O)CC2)c1. The minimum absolute atomic E-state index is 0.322. The molecule has 1 atom stereocenters. The minimum Gasteiger partial charge on any atom is -0.506 e. The summed E-state index contributed by atoms with van der Waals surface area (Å²) in [5.74, 6) is 1.08. The van der Waals surface area contributed by atoms with Gasteiger partial charge in [0, 0.05) is 32.7 Å². The van der Waals surface area contributed by atoms with E-state index in [9.17, 15) is 10.2 Å². The molecule has 1 unspecified atom stereocenters. The van der Waals surface area contributed by atoms with E-state index in [1.165, 1.54) is 0 Å². The predicted octanol–water partition coefficient (Wildman–Crippen LogP) is 2.26. The average molecular weight is 328 g/mol. The van der Waals surface area contributed by atoms with Gasteiger partial charge >= 0.3 is 0 Å². The lowest BCUT2D eigenvalue weighted by Crippen LogP contribution is -2.47. The largest absolute Gasteiger partial charge is 0.506 e. The van der Waals surface area contributed by atoms with Gasteiger partial charge in [-0.15, -0.1) is 0 Å². The van der Waals surface area contributed by atoms with E-state index >= 15 is 0 Å². The Labute approximate surface area is 142 Å². The molecule has 5 heteroatoms. The van der Waals surface area contributed by atoms with Crippen LogP contribution in [-0.4, -0.2) is 54.9 Å². The Bertz CT molecular complexity index is 669. The maximum Gasteiger partial charge on any atom is 0.138 e. The van der Waals surface area contributed by atoms with Crippen molar-refractivity contribution in [3.8, 4) is 11.5 Å². The number of ether oxygens (including phenoxy) is 1. The molecule has 1 heterocycles. The highest BCUT2D eigenvalue weighted by Crippen LogP contribution is 2.27. The molecule has 0 radical (unpaired) electrons. The first-order chi connectivity index (χ1) is 11.7. The molecule has 128 valence electrons. The number of methoxy groups -OCH3 is 1. The Hall–Kier alpha value is -2.24. The summed E-state index contributed by atoms with van der Waals surface area (Å²) in [4.78, 5) is 4.43. The highest BCUT2D eigenvalue weighted by atomic mass is 16.5. The molecule has 0 saturated carbocycles. The van der Waals surface area contributed by atoms with Gasteiger partial charge in [-0.1, -0.05) is 24.3 Å². The maximum atomic E-state index is 10.5. The summed E-state index contributed by atoms with van der Waals surface area (Å²) in [5, 5.41) is 20.4. The smallest absolute Gasteiger partial charge is 0.138 e. The standard InChI is InChI=1S/C19H24N2O3/c1-24-16-6-4-5-15(13-16)19(23)14-20-9-11-21(12-10-20)17-7-2-3-8-18(17)22/h2-8,13,19,22-23H,9-12,14H2,1H3. The second kappa shape index (κ2) is 7.55. The molecular weight excluding hydrogens is 304 g/mol. The van der Waals surface area contributed by atoms with E-state index in [0.717, 1.165) is 43.2 Å². The van der Waals surface area contributed by atoms with Crippen molar-refractivity contribution in [3.05, 3.63) is 54.1 Å². The van der Waals surface area contributed by atoms with Gasteiger partial charge in [-0.3, -0.25) is 4.90 Å². The van der Waals surface area contributed by atoms with E-state index in [4.69, 9.17) is 4.74 Å². The van der Waals surface area contributed by atoms with E-state index in [0.29, 0.717) is 12.3 Å². The second-order valence-corrected chi connectivity index (χ2v) is 6.07. The first-order valence-corrected chi connectivity index (χ1v) is 8.24. The van der Waals surface area contributed by atoms with Gasteiger partial charge in [-0.05, 0) is 29.8 Å². The van der Waals surface area contributed by atoms with E-state index in [1.807, 2.05) is 42.5 Å². The summed E-state index contributed by atoms with van der Waals surface area (Å²) in [6, 6.07) is 15.0. The number of phenolic OH excluding ortho intramolecular Hbond substituents is 1. The molecule has 1 aliphatic rings. The Morgan fingerprint density at radius 3 is 2.50 bits per heavy atom. The summed E-state index contributed by atoms with van der Waals surface area (Å²) in [5.41, 5.74) is 1.75. The second-order valence-electron chi connectivity index (χ2n) is 6.07. The third-order valence-electron chi connectivity index (χ3n) is 4.50. The maximum absolute atomic E-state index is 10.5. The number of hydrogen-bond acceptors (Lipinski definition) is 5. The molecular formula is C19H24N2O3. The predicted molar refractivity (Wildman–Crippen MR) is 94.7 cm³/mol.